The number of amides is 1. The maximum absolute atomic E-state index is 12.1. The van der Waals surface area contributed by atoms with Crippen LogP contribution in [0.25, 0.3) is 10.2 Å². The summed E-state index contributed by atoms with van der Waals surface area (Å²) < 4.78 is 6.53. The number of nitrogens with zero attached hydrogens (tertiary/aromatic N) is 3. The Labute approximate surface area is 162 Å². The van der Waals surface area contributed by atoms with Crippen LogP contribution in [0.4, 0.5) is 10.6 Å². The molecule has 142 valence electrons. The fraction of sp³-hybridized carbons (Fsp3) is 0.611. The van der Waals surface area contributed by atoms with Gasteiger partial charge in [-0.05, 0) is 39.4 Å². The van der Waals surface area contributed by atoms with Gasteiger partial charge in [0.05, 0.1) is 4.70 Å². The highest BCUT2D eigenvalue weighted by atomic mass is 32.2. The van der Waals surface area contributed by atoms with Crippen LogP contribution in [0.1, 0.15) is 34.1 Å². The molecule has 1 amide bonds. The minimum Gasteiger partial charge on any atom is -0.444 e. The van der Waals surface area contributed by atoms with E-state index in [-0.39, 0.29) is 12.1 Å². The van der Waals surface area contributed by atoms with E-state index in [1.54, 1.807) is 29.4 Å². The third-order valence-corrected chi connectivity index (χ3v) is 6.29. The Hall–Kier alpha value is -1.54. The van der Waals surface area contributed by atoms with Crippen LogP contribution in [0.2, 0.25) is 0 Å². The first-order valence-electron chi connectivity index (χ1n) is 8.79. The van der Waals surface area contributed by atoms with Crippen molar-refractivity contribution < 1.29 is 9.53 Å². The molecular weight excluding hydrogens is 368 g/mol. The summed E-state index contributed by atoms with van der Waals surface area (Å²) in [5.41, 5.74) is 0.559. The van der Waals surface area contributed by atoms with Crippen LogP contribution < -0.4 is 10.2 Å². The fourth-order valence-electron chi connectivity index (χ4n) is 3.20. The maximum Gasteiger partial charge on any atom is 0.407 e. The second-order valence-electron chi connectivity index (χ2n) is 7.64. The number of carbonyl (C=O) groups excluding carboxylic acids is 1. The first kappa shape index (κ1) is 19.2. The highest BCUT2D eigenvalue weighted by molar-refractivity contribution is 7.99. The van der Waals surface area contributed by atoms with E-state index in [4.69, 9.17) is 4.74 Å². The number of nitrogens with one attached hydrogen (secondary N) is 1. The van der Waals surface area contributed by atoms with Crippen molar-refractivity contribution in [1.82, 2.24) is 15.3 Å². The van der Waals surface area contributed by atoms with Gasteiger partial charge in [0.15, 0.2) is 0 Å². The molecule has 0 aromatic carbocycles. The predicted octanol–water partition coefficient (Wildman–Crippen LogP) is 4.15. The van der Waals surface area contributed by atoms with Crippen LogP contribution in [-0.2, 0) is 4.74 Å². The Kier molecular flexibility index (Phi) is 5.62. The molecule has 2 unspecified atom stereocenters. The zero-order valence-electron chi connectivity index (χ0n) is 15.9. The van der Waals surface area contributed by atoms with Gasteiger partial charge >= 0.3 is 6.09 Å². The summed E-state index contributed by atoms with van der Waals surface area (Å²) in [6.45, 7) is 9.49. The third-order valence-electron chi connectivity index (χ3n) is 4.43. The van der Waals surface area contributed by atoms with Crippen molar-refractivity contribution in [2.24, 2.45) is 5.92 Å². The standard InChI is InChI=1S/C18H26N4O2S2/c1-11-8-22(7-6-12(11)21-17(23)24-18(2,3)4)16-15-14(19-10-20-16)13(25-5)9-26-15/h9-12H,6-8H2,1-5H3,(H,21,23). The molecule has 0 spiro atoms. The summed E-state index contributed by atoms with van der Waals surface area (Å²) in [5.74, 6) is 1.31. The van der Waals surface area contributed by atoms with Crippen LogP contribution in [0, 0.1) is 5.92 Å². The lowest BCUT2D eigenvalue weighted by Gasteiger charge is -2.38. The molecule has 26 heavy (non-hydrogen) atoms. The smallest absolute Gasteiger partial charge is 0.407 e. The zero-order chi connectivity index (χ0) is 18.9. The van der Waals surface area contributed by atoms with Gasteiger partial charge in [-0.3, -0.25) is 0 Å². The monoisotopic (exact) mass is 394 g/mol. The average Bonchev–Trinajstić information content (AvgIpc) is 2.98. The van der Waals surface area contributed by atoms with Crippen LogP contribution in [0.3, 0.4) is 0 Å². The number of aromatic nitrogens is 2. The predicted molar refractivity (Wildman–Crippen MR) is 108 cm³/mol. The molecule has 3 heterocycles. The normalized spacial score (nSPS) is 21.0. The topological polar surface area (TPSA) is 67.4 Å². The second-order valence-corrected chi connectivity index (χ2v) is 9.37. The number of thiophene rings is 1. The van der Waals surface area contributed by atoms with Gasteiger partial charge in [-0.15, -0.1) is 23.1 Å². The quantitative estimate of drug-likeness (QED) is 0.789. The SMILES string of the molecule is CSc1csc2c(N3CCC(NC(=O)OC(C)(C)C)C(C)C3)ncnc12. The summed E-state index contributed by atoms with van der Waals surface area (Å²) in [4.78, 5) is 24.6. The average molecular weight is 395 g/mol. The van der Waals surface area contributed by atoms with Gasteiger partial charge < -0.3 is 15.0 Å². The number of ether oxygens (including phenoxy) is 1. The summed E-state index contributed by atoms with van der Waals surface area (Å²) in [6.07, 6.45) is 4.25. The number of anilines is 1. The van der Waals surface area contributed by atoms with Crippen LogP contribution in [0.15, 0.2) is 16.6 Å². The third kappa shape index (κ3) is 4.23. The highest BCUT2D eigenvalue weighted by Crippen LogP contribution is 2.36. The molecule has 8 heteroatoms. The first-order chi connectivity index (χ1) is 12.3. The van der Waals surface area contributed by atoms with Crippen LogP contribution >= 0.6 is 23.1 Å². The van der Waals surface area contributed by atoms with Gasteiger partial charge in [-0.1, -0.05) is 6.92 Å². The van der Waals surface area contributed by atoms with Crippen molar-refractivity contribution in [2.75, 3.05) is 24.2 Å². The highest BCUT2D eigenvalue weighted by Gasteiger charge is 2.30. The van der Waals surface area contributed by atoms with Gasteiger partial charge in [0, 0.05) is 29.4 Å². The minimum atomic E-state index is -0.477. The Balaban J connectivity index is 1.69. The molecule has 2 aromatic heterocycles. The number of fused-ring (bicyclic) bond motifs is 1. The Morgan fingerprint density at radius 1 is 1.42 bits per heavy atom. The number of hydrogen-bond donors (Lipinski definition) is 1. The molecule has 3 rings (SSSR count). The molecule has 1 N–H and O–H groups in total. The summed E-state index contributed by atoms with van der Waals surface area (Å²) in [6, 6.07) is 0.114. The largest absolute Gasteiger partial charge is 0.444 e. The number of alkyl carbamates (subject to hydrolysis) is 1. The molecule has 2 aromatic rings. The van der Waals surface area contributed by atoms with Crippen molar-refractivity contribution >= 4 is 45.2 Å². The van der Waals surface area contributed by atoms with E-state index in [1.807, 2.05) is 20.8 Å². The first-order valence-corrected chi connectivity index (χ1v) is 10.9. The summed E-state index contributed by atoms with van der Waals surface area (Å²) in [5, 5.41) is 5.17. The van der Waals surface area contributed by atoms with Gasteiger partial charge in [-0.2, -0.15) is 0 Å². The molecule has 0 radical (unpaired) electrons. The lowest BCUT2D eigenvalue weighted by molar-refractivity contribution is 0.0481. The molecule has 1 aliphatic heterocycles. The second kappa shape index (κ2) is 7.60. The minimum absolute atomic E-state index is 0.114. The Morgan fingerprint density at radius 2 is 2.19 bits per heavy atom. The number of hydrogen-bond acceptors (Lipinski definition) is 7. The summed E-state index contributed by atoms with van der Waals surface area (Å²) in [7, 11) is 0. The summed E-state index contributed by atoms with van der Waals surface area (Å²) >= 11 is 3.41. The van der Waals surface area contributed by atoms with Crippen molar-refractivity contribution in [1.29, 1.82) is 0 Å². The van der Waals surface area contributed by atoms with Gasteiger partial charge in [0.25, 0.3) is 0 Å². The number of rotatable bonds is 3. The Morgan fingerprint density at radius 3 is 2.85 bits per heavy atom. The van der Waals surface area contributed by atoms with Crippen molar-refractivity contribution in [3.05, 3.63) is 11.7 Å². The van der Waals surface area contributed by atoms with Crippen LogP contribution in [0.5, 0.6) is 0 Å². The van der Waals surface area contributed by atoms with Crippen molar-refractivity contribution in [3.8, 4) is 0 Å². The Bertz CT molecular complexity index is 787. The van der Waals surface area contributed by atoms with Gasteiger partial charge in [0.1, 0.15) is 23.3 Å². The van der Waals surface area contributed by atoms with Gasteiger partial charge in [-0.25, -0.2) is 14.8 Å². The van der Waals surface area contributed by atoms with Gasteiger partial charge in [0.2, 0.25) is 0 Å². The molecule has 2 atom stereocenters. The molecule has 1 fully saturated rings. The number of thioether (sulfide) groups is 1. The van der Waals surface area contributed by atoms with Crippen molar-refractivity contribution in [3.63, 3.8) is 0 Å². The van der Waals surface area contributed by atoms with E-state index in [0.717, 1.165) is 35.5 Å². The van der Waals surface area contributed by atoms with E-state index < -0.39 is 5.60 Å². The molecule has 6 nitrogen and oxygen atoms in total. The van der Waals surface area contributed by atoms with E-state index in [0.29, 0.717) is 5.92 Å². The lowest BCUT2D eigenvalue weighted by Crippen LogP contribution is -2.51. The lowest BCUT2D eigenvalue weighted by atomic mass is 9.94. The molecule has 1 saturated heterocycles. The molecular formula is C18H26N4O2S2. The van der Waals surface area contributed by atoms with E-state index >= 15 is 0 Å². The van der Waals surface area contributed by atoms with E-state index in [9.17, 15) is 4.79 Å². The van der Waals surface area contributed by atoms with E-state index in [2.05, 4.69) is 38.7 Å². The molecule has 1 aliphatic rings. The molecule has 0 saturated carbocycles. The molecule has 0 bridgehead atoms. The number of carbonyl (C=O) groups is 1. The number of piperidine rings is 1. The zero-order valence-corrected chi connectivity index (χ0v) is 17.5. The molecule has 0 aliphatic carbocycles. The fourth-order valence-corrected chi connectivity index (χ4v) is 5.04. The maximum atomic E-state index is 12.1. The van der Waals surface area contributed by atoms with Crippen molar-refractivity contribution in [2.45, 2.75) is 50.7 Å². The van der Waals surface area contributed by atoms with E-state index in [1.165, 1.54) is 4.90 Å². The van der Waals surface area contributed by atoms with Crippen LogP contribution in [-0.4, -0.2) is 47.0 Å².